The number of hydrogen-bond donors (Lipinski definition) is 4. The van der Waals surface area contributed by atoms with Crippen LogP contribution in [0.2, 0.25) is 10.0 Å². The van der Waals surface area contributed by atoms with Gasteiger partial charge in [0, 0.05) is 27.0 Å². The van der Waals surface area contributed by atoms with Crippen LogP contribution < -0.4 is 15.5 Å². The van der Waals surface area contributed by atoms with Crippen LogP contribution in [0.15, 0.2) is 72.8 Å². The number of amides is 3. The predicted molar refractivity (Wildman–Crippen MR) is 162 cm³/mol. The van der Waals surface area contributed by atoms with Gasteiger partial charge in [-0.05, 0) is 84.3 Å². The maximum Gasteiger partial charge on any atom is 0.334 e. The van der Waals surface area contributed by atoms with E-state index < -0.39 is 30.6 Å². The van der Waals surface area contributed by atoms with E-state index in [-0.39, 0.29) is 12.1 Å². The number of urea groups is 1. The Kier molecular flexibility index (Phi) is 10.0. The van der Waals surface area contributed by atoms with E-state index in [4.69, 9.17) is 28.3 Å². The molecular weight excluding hydrogens is 565 g/mol. The van der Waals surface area contributed by atoms with Crippen molar-refractivity contribution in [1.29, 1.82) is 0 Å². The second-order valence-corrected chi connectivity index (χ2v) is 10.8. The van der Waals surface area contributed by atoms with Crippen LogP contribution >= 0.6 is 23.2 Å². The number of carboxylic acids is 1. The van der Waals surface area contributed by atoms with Gasteiger partial charge < -0.3 is 20.8 Å². The zero-order chi connectivity index (χ0) is 29.5. The minimum absolute atomic E-state index is 0.193. The Morgan fingerprint density at radius 1 is 1.00 bits per heavy atom. The smallest absolute Gasteiger partial charge is 0.334 e. The molecule has 214 valence electrons. The molecule has 3 amide bonds. The number of nitrogens with zero attached hydrogens (tertiary/aromatic N) is 1. The number of carbonyl (C=O) groups is 3. The van der Waals surface area contributed by atoms with Gasteiger partial charge in [0.1, 0.15) is 0 Å². The Morgan fingerprint density at radius 2 is 1.66 bits per heavy atom. The molecule has 0 unspecified atom stereocenters. The molecule has 0 saturated heterocycles. The summed E-state index contributed by atoms with van der Waals surface area (Å²) in [6.07, 6.45) is 4.00. The van der Waals surface area contributed by atoms with E-state index in [1.165, 1.54) is 12.0 Å². The minimum atomic E-state index is -1.69. The molecular formula is C31H31Cl2N3O5. The number of carbonyl (C=O) groups excluding carboxylic acids is 2. The second-order valence-electron chi connectivity index (χ2n) is 9.97. The van der Waals surface area contributed by atoms with Gasteiger partial charge in [0.2, 0.25) is 0 Å². The minimum Gasteiger partial charge on any atom is -0.479 e. The summed E-state index contributed by atoms with van der Waals surface area (Å²) in [5.41, 5.74) is 4.61. The van der Waals surface area contributed by atoms with E-state index in [1.54, 1.807) is 47.4 Å². The maximum atomic E-state index is 13.5. The van der Waals surface area contributed by atoms with Gasteiger partial charge in [-0.3, -0.25) is 9.69 Å². The Labute approximate surface area is 248 Å². The number of hydrogen-bond acceptors (Lipinski definition) is 4. The number of aliphatic hydroxyl groups is 1. The number of aliphatic hydroxyl groups excluding tert-OH is 1. The third kappa shape index (κ3) is 8.10. The summed E-state index contributed by atoms with van der Waals surface area (Å²) in [5, 5.41) is 24.2. The summed E-state index contributed by atoms with van der Waals surface area (Å²) in [6.45, 7) is 2.01. The van der Waals surface area contributed by atoms with Gasteiger partial charge in [-0.2, -0.15) is 0 Å². The molecule has 0 radical (unpaired) electrons. The van der Waals surface area contributed by atoms with Crippen LogP contribution in [-0.4, -0.2) is 40.8 Å². The van der Waals surface area contributed by atoms with E-state index in [0.717, 1.165) is 24.0 Å². The van der Waals surface area contributed by atoms with Crippen molar-refractivity contribution in [2.24, 2.45) is 5.92 Å². The summed E-state index contributed by atoms with van der Waals surface area (Å²) in [4.78, 5) is 38.3. The number of halogens is 2. The van der Waals surface area contributed by atoms with Gasteiger partial charge in [0.05, 0.1) is 13.1 Å². The molecule has 0 spiro atoms. The molecule has 0 fully saturated rings. The first-order valence-electron chi connectivity index (χ1n) is 13.2. The number of carboxylic acid groups (broad SMARTS) is 1. The summed E-state index contributed by atoms with van der Waals surface area (Å²) in [6, 6.07) is 18.9. The summed E-state index contributed by atoms with van der Waals surface area (Å²) >= 11 is 12.3. The van der Waals surface area contributed by atoms with E-state index in [0.29, 0.717) is 27.3 Å². The van der Waals surface area contributed by atoms with Crippen molar-refractivity contribution >= 4 is 58.1 Å². The molecule has 8 nitrogen and oxygen atoms in total. The quantitative estimate of drug-likeness (QED) is 0.222. The first-order chi connectivity index (χ1) is 19.6. The van der Waals surface area contributed by atoms with Crippen molar-refractivity contribution in [3.8, 4) is 0 Å². The highest BCUT2D eigenvalue weighted by Crippen LogP contribution is 2.33. The number of nitrogens with one attached hydrogen (secondary N) is 2. The van der Waals surface area contributed by atoms with Crippen LogP contribution in [0, 0.1) is 5.92 Å². The van der Waals surface area contributed by atoms with Crippen molar-refractivity contribution in [3.63, 3.8) is 0 Å². The Morgan fingerprint density at radius 3 is 2.27 bits per heavy atom. The molecule has 3 aromatic carbocycles. The molecule has 4 N–H and O–H groups in total. The largest absolute Gasteiger partial charge is 0.479 e. The molecule has 3 aromatic rings. The molecule has 41 heavy (non-hydrogen) atoms. The summed E-state index contributed by atoms with van der Waals surface area (Å²) in [5.74, 6) is -1.46. The predicted octanol–water partition coefficient (Wildman–Crippen LogP) is 6.61. The van der Waals surface area contributed by atoms with Crippen molar-refractivity contribution < 1.29 is 24.6 Å². The molecule has 0 aliphatic heterocycles. The van der Waals surface area contributed by atoms with Gasteiger partial charge in [-0.1, -0.05) is 60.5 Å². The Hall–Kier alpha value is -3.85. The number of rotatable bonds is 9. The van der Waals surface area contributed by atoms with Gasteiger partial charge in [-0.15, -0.1) is 0 Å². The van der Waals surface area contributed by atoms with E-state index in [2.05, 4.69) is 23.6 Å². The maximum absolute atomic E-state index is 13.5. The van der Waals surface area contributed by atoms with Crippen LogP contribution in [0.1, 0.15) is 47.7 Å². The standard InChI is InChI=1S/C31H31Cl2N3O5/c1-19-4-2-3-5-27(19)21-10-12-26(13-11-21)36(31(41)35-25-15-23(32)14-24(33)16-25)18-20-6-8-22(9-7-20)29(38)34-17-28(37)30(39)40/h5-16,19,28,37H,2-4,17-18H2,1H3,(H,34,38)(H,35,41)(H,39,40)/t19-,28+/m0/s1. The molecule has 4 rings (SSSR count). The van der Waals surface area contributed by atoms with Gasteiger partial charge in [0.15, 0.2) is 6.10 Å². The van der Waals surface area contributed by atoms with Crippen LogP contribution in [0.5, 0.6) is 0 Å². The normalized spacial score (nSPS) is 15.4. The fourth-order valence-electron chi connectivity index (χ4n) is 4.69. The molecule has 1 aliphatic carbocycles. The summed E-state index contributed by atoms with van der Waals surface area (Å²) < 4.78 is 0. The highest BCUT2D eigenvalue weighted by atomic mass is 35.5. The van der Waals surface area contributed by atoms with Crippen molar-refractivity contribution in [2.45, 2.75) is 38.8 Å². The fourth-order valence-corrected chi connectivity index (χ4v) is 5.22. The topological polar surface area (TPSA) is 119 Å². The van der Waals surface area contributed by atoms with Crippen LogP contribution in [-0.2, 0) is 11.3 Å². The lowest BCUT2D eigenvalue weighted by molar-refractivity contribution is -0.146. The zero-order valence-electron chi connectivity index (χ0n) is 22.4. The average molecular weight is 597 g/mol. The molecule has 10 heteroatoms. The molecule has 0 saturated carbocycles. The Balaban J connectivity index is 1.55. The molecule has 0 bridgehead atoms. The SMILES string of the molecule is C[C@H]1CCCC=C1c1ccc(N(Cc2ccc(C(=O)NC[C@@H](O)C(=O)O)cc2)C(=O)Nc2cc(Cl)cc(Cl)c2)cc1. The number of aliphatic carboxylic acids is 1. The fraction of sp³-hybridized carbons (Fsp3) is 0.258. The molecule has 0 aromatic heterocycles. The third-order valence-corrected chi connectivity index (χ3v) is 7.34. The monoisotopic (exact) mass is 595 g/mol. The molecule has 0 heterocycles. The lowest BCUT2D eigenvalue weighted by atomic mass is 9.85. The van der Waals surface area contributed by atoms with E-state index >= 15 is 0 Å². The highest BCUT2D eigenvalue weighted by Gasteiger charge is 2.20. The van der Waals surface area contributed by atoms with Crippen molar-refractivity contribution in [3.05, 3.63) is 99.5 Å². The van der Waals surface area contributed by atoms with E-state index in [9.17, 15) is 19.5 Å². The first-order valence-corrected chi connectivity index (χ1v) is 14.0. The third-order valence-electron chi connectivity index (χ3n) is 6.91. The Bertz CT molecular complexity index is 1420. The van der Waals surface area contributed by atoms with Gasteiger partial charge >= 0.3 is 12.0 Å². The average Bonchev–Trinajstić information content (AvgIpc) is 2.94. The first kappa shape index (κ1) is 30.1. The highest BCUT2D eigenvalue weighted by molar-refractivity contribution is 6.35. The second kappa shape index (κ2) is 13.7. The van der Waals surface area contributed by atoms with Crippen LogP contribution in [0.25, 0.3) is 5.57 Å². The molecule has 1 aliphatic rings. The van der Waals surface area contributed by atoms with Crippen LogP contribution in [0.3, 0.4) is 0 Å². The number of anilines is 2. The number of allylic oxidation sites excluding steroid dienone is 2. The van der Waals surface area contributed by atoms with Crippen LogP contribution in [0.4, 0.5) is 16.2 Å². The zero-order valence-corrected chi connectivity index (χ0v) is 24.0. The lowest BCUT2D eigenvalue weighted by Gasteiger charge is -2.25. The van der Waals surface area contributed by atoms with Crippen molar-refractivity contribution in [1.82, 2.24) is 5.32 Å². The van der Waals surface area contributed by atoms with Gasteiger partial charge in [0.25, 0.3) is 5.91 Å². The summed E-state index contributed by atoms with van der Waals surface area (Å²) in [7, 11) is 0. The van der Waals surface area contributed by atoms with E-state index in [1.807, 2.05) is 24.3 Å². The lowest BCUT2D eigenvalue weighted by Crippen LogP contribution is -2.36. The molecule has 2 atom stereocenters. The van der Waals surface area contributed by atoms with Crippen molar-refractivity contribution in [2.75, 3.05) is 16.8 Å². The van der Waals surface area contributed by atoms with Gasteiger partial charge in [-0.25, -0.2) is 9.59 Å². The number of benzene rings is 3.